The molecule has 3 atom stereocenters. The molecule has 32 heavy (non-hydrogen) atoms. The maximum Gasteiger partial charge on any atom is 0.306 e. The van der Waals surface area contributed by atoms with Crippen molar-refractivity contribution >= 4 is 30.9 Å². The predicted molar refractivity (Wildman–Crippen MR) is 144 cm³/mol. The molecule has 0 aliphatic rings. The second kappa shape index (κ2) is 10.3. The van der Waals surface area contributed by atoms with Crippen LogP contribution in [0.15, 0.2) is 0 Å². The number of carbonyl (C=O) groups is 1. The van der Waals surface area contributed by atoms with Crippen LogP contribution < -0.4 is 0 Å². The zero-order valence-corrected chi connectivity index (χ0v) is 27.0. The van der Waals surface area contributed by atoms with E-state index in [0.717, 1.165) is 0 Å². The minimum absolute atomic E-state index is 0.00725. The fraction of sp³-hybridized carbons (Fsp3) is 0.958. The van der Waals surface area contributed by atoms with Gasteiger partial charge >= 0.3 is 5.97 Å². The van der Waals surface area contributed by atoms with E-state index in [1.807, 2.05) is 6.92 Å². The number of hydrogen-bond acceptors (Lipinski definition) is 4. The van der Waals surface area contributed by atoms with Crippen LogP contribution in [0.4, 0.5) is 0 Å². The Labute approximate surface area is 202 Å². The summed E-state index contributed by atoms with van der Waals surface area (Å²) in [5, 5.41) is 9.80. The van der Waals surface area contributed by atoms with Crippen LogP contribution in [0, 0.1) is 0 Å². The van der Waals surface area contributed by atoms with E-state index < -0.39 is 43.1 Å². The Morgan fingerprint density at radius 2 is 1.00 bits per heavy atom. The van der Waals surface area contributed by atoms with Gasteiger partial charge in [0.15, 0.2) is 25.0 Å². The summed E-state index contributed by atoms with van der Waals surface area (Å²) in [5.74, 6) is -0.864. The maximum atomic E-state index is 11.9. The standard InChI is InChI=1S/C24H54O5Si3/c1-18(27-30(11,12)22(2,3)4)21(29-32(15,16)24(8,9)10)19(17-20(25)26)28-31(13,14)23(5,6)7/h18-19,21H,17H2,1-16H3,(H,25,26)/t18-,19+,21-/m1/s1. The predicted octanol–water partition coefficient (Wildman–Crippen LogP) is 7.65. The molecule has 0 spiro atoms. The average Bonchev–Trinajstić information content (AvgIpc) is 2.47. The van der Waals surface area contributed by atoms with Gasteiger partial charge < -0.3 is 18.4 Å². The van der Waals surface area contributed by atoms with Crippen LogP contribution in [0.5, 0.6) is 0 Å². The van der Waals surface area contributed by atoms with Gasteiger partial charge in [-0.25, -0.2) is 0 Å². The van der Waals surface area contributed by atoms with Gasteiger partial charge in [-0.1, -0.05) is 62.3 Å². The molecule has 0 aliphatic carbocycles. The Bertz CT molecular complexity index is 625. The van der Waals surface area contributed by atoms with Crippen molar-refractivity contribution in [3.8, 4) is 0 Å². The highest BCUT2D eigenvalue weighted by Crippen LogP contribution is 2.43. The van der Waals surface area contributed by atoms with Crippen molar-refractivity contribution < 1.29 is 23.2 Å². The molecule has 5 nitrogen and oxygen atoms in total. The summed E-state index contributed by atoms with van der Waals surface area (Å²) in [4.78, 5) is 11.9. The summed E-state index contributed by atoms with van der Waals surface area (Å²) in [5.41, 5.74) is 0. The normalized spacial score (nSPS) is 17.8. The van der Waals surface area contributed by atoms with E-state index in [2.05, 4.69) is 102 Å². The summed E-state index contributed by atoms with van der Waals surface area (Å²) in [7, 11) is -6.53. The molecule has 0 aromatic rings. The van der Waals surface area contributed by atoms with Gasteiger partial charge in [-0.2, -0.15) is 0 Å². The number of rotatable bonds is 10. The lowest BCUT2D eigenvalue weighted by atomic mass is 10.1. The molecule has 0 fully saturated rings. The second-order valence-corrected chi connectivity index (χ2v) is 28.2. The molecule has 0 aromatic carbocycles. The average molecular weight is 507 g/mol. The molecule has 0 amide bonds. The molecule has 192 valence electrons. The van der Waals surface area contributed by atoms with E-state index in [1.54, 1.807) is 0 Å². The van der Waals surface area contributed by atoms with Crippen LogP contribution in [0.1, 0.15) is 75.7 Å². The zero-order valence-electron chi connectivity index (χ0n) is 24.0. The lowest BCUT2D eigenvalue weighted by Gasteiger charge is -2.48. The molecule has 0 aliphatic heterocycles. The van der Waals surface area contributed by atoms with Crippen LogP contribution >= 0.6 is 0 Å². The molecule has 0 radical (unpaired) electrons. The van der Waals surface area contributed by atoms with Crippen molar-refractivity contribution in [2.45, 2.75) is 148 Å². The zero-order chi connectivity index (χ0) is 26.1. The first-order valence-corrected chi connectivity index (χ1v) is 20.7. The Hall–Kier alpha value is 0.000649. The first-order chi connectivity index (χ1) is 13.8. The molecule has 0 unspecified atom stereocenters. The van der Waals surface area contributed by atoms with Crippen molar-refractivity contribution in [2.75, 3.05) is 0 Å². The third-order valence-electron chi connectivity index (χ3n) is 7.98. The van der Waals surface area contributed by atoms with Crippen LogP contribution in [-0.4, -0.2) is 54.3 Å². The minimum Gasteiger partial charge on any atom is -0.481 e. The summed E-state index contributed by atoms with van der Waals surface area (Å²) in [6.07, 6.45) is -1.34. The third kappa shape index (κ3) is 8.65. The Morgan fingerprint density at radius 3 is 1.31 bits per heavy atom. The monoisotopic (exact) mass is 506 g/mol. The van der Waals surface area contributed by atoms with Crippen molar-refractivity contribution in [2.24, 2.45) is 0 Å². The van der Waals surface area contributed by atoms with E-state index in [9.17, 15) is 9.90 Å². The van der Waals surface area contributed by atoms with Crippen LogP contribution in [-0.2, 0) is 18.1 Å². The molecule has 0 saturated carbocycles. The van der Waals surface area contributed by atoms with E-state index >= 15 is 0 Å². The SMILES string of the molecule is C[C@@H](O[Si](C)(C)C(C)(C)C)[C@@H](O[Si](C)(C)C(C)(C)C)[C@H](CC(=O)O)O[Si](C)(C)C(C)(C)C. The Balaban J connectivity index is 6.41. The highest BCUT2D eigenvalue weighted by molar-refractivity contribution is 6.75. The number of hydrogen-bond donors (Lipinski definition) is 1. The van der Waals surface area contributed by atoms with Gasteiger partial charge in [-0.05, 0) is 61.3 Å². The second-order valence-electron chi connectivity index (χ2n) is 13.9. The number of carboxylic acid groups (broad SMARTS) is 1. The van der Waals surface area contributed by atoms with E-state index in [-0.39, 0.29) is 27.6 Å². The van der Waals surface area contributed by atoms with Crippen molar-refractivity contribution in [1.82, 2.24) is 0 Å². The molecule has 0 rings (SSSR count). The first-order valence-electron chi connectivity index (χ1n) is 12.0. The molecule has 0 aromatic heterocycles. The minimum atomic E-state index is -2.23. The molecule has 0 saturated heterocycles. The Morgan fingerprint density at radius 1 is 0.688 bits per heavy atom. The maximum absolute atomic E-state index is 11.9. The van der Waals surface area contributed by atoms with Crippen LogP contribution in [0.2, 0.25) is 54.4 Å². The van der Waals surface area contributed by atoms with Gasteiger partial charge in [0.05, 0.1) is 24.7 Å². The molecule has 8 heteroatoms. The van der Waals surface area contributed by atoms with E-state index in [1.165, 1.54) is 0 Å². The van der Waals surface area contributed by atoms with Crippen molar-refractivity contribution in [3.63, 3.8) is 0 Å². The largest absolute Gasteiger partial charge is 0.481 e. The van der Waals surface area contributed by atoms with Gasteiger partial charge in [0, 0.05) is 0 Å². The molecular formula is C24H54O5Si3. The molecule has 0 bridgehead atoms. The first kappa shape index (κ1) is 32.0. The molecule has 1 N–H and O–H groups in total. The van der Waals surface area contributed by atoms with Gasteiger partial charge in [-0.3, -0.25) is 4.79 Å². The van der Waals surface area contributed by atoms with E-state index in [4.69, 9.17) is 13.3 Å². The van der Waals surface area contributed by atoms with Crippen LogP contribution in [0.3, 0.4) is 0 Å². The summed E-state index contributed by atoms with van der Waals surface area (Å²) < 4.78 is 20.4. The molecular weight excluding hydrogens is 453 g/mol. The number of carboxylic acids is 1. The quantitative estimate of drug-likeness (QED) is 0.308. The smallest absolute Gasteiger partial charge is 0.306 e. The molecule has 0 heterocycles. The lowest BCUT2D eigenvalue weighted by molar-refractivity contribution is -0.141. The van der Waals surface area contributed by atoms with Gasteiger partial charge in [0.25, 0.3) is 0 Å². The van der Waals surface area contributed by atoms with E-state index in [0.29, 0.717) is 0 Å². The topological polar surface area (TPSA) is 65.0 Å². The fourth-order valence-electron chi connectivity index (χ4n) is 2.65. The van der Waals surface area contributed by atoms with Crippen molar-refractivity contribution in [3.05, 3.63) is 0 Å². The Kier molecular flexibility index (Phi) is 10.3. The van der Waals surface area contributed by atoms with Gasteiger partial charge in [0.2, 0.25) is 0 Å². The van der Waals surface area contributed by atoms with Crippen molar-refractivity contribution in [1.29, 1.82) is 0 Å². The highest BCUT2D eigenvalue weighted by Gasteiger charge is 2.48. The fourth-order valence-corrected chi connectivity index (χ4v) is 6.77. The third-order valence-corrected chi connectivity index (χ3v) is 21.5. The summed E-state index contributed by atoms with van der Waals surface area (Å²) >= 11 is 0. The highest BCUT2D eigenvalue weighted by atomic mass is 28.4. The summed E-state index contributed by atoms with van der Waals surface area (Å²) in [6, 6.07) is 0. The van der Waals surface area contributed by atoms with Gasteiger partial charge in [0.1, 0.15) is 0 Å². The van der Waals surface area contributed by atoms with Crippen LogP contribution in [0.25, 0.3) is 0 Å². The lowest BCUT2D eigenvalue weighted by Crippen LogP contribution is -2.57. The van der Waals surface area contributed by atoms with Gasteiger partial charge in [-0.15, -0.1) is 0 Å². The summed E-state index contributed by atoms with van der Waals surface area (Å²) in [6.45, 7) is 35.1. The number of aliphatic carboxylic acids is 1.